The lowest BCUT2D eigenvalue weighted by Gasteiger charge is -2.15. The highest BCUT2D eigenvalue weighted by Crippen LogP contribution is 2.40. The molecule has 1 atom stereocenters. The lowest BCUT2D eigenvalue weighted by Crippen LogP contribution is -2.08. The van der Waals surface area contributed by atoms with Gasteiger partial charge in [-0.25, -0.2) is 9.59 Å². The summed E-state index contributed by atoms with van der Waals surface area (Å²) in [6.07, 6.45) is 6.80. The van der Waals surface area contributed by atoms with E-state index < -0.39 is 11.6 Å². The Morgan fingerprint density at radius 1 is 1.23 bits per heavy atom. The standard InChI is InChI=1S/C23H18O5S2/c1-13-4-2-3-5-16(13)21-17-10-11-20(30-29)19(12-18(17)27-23(21)26)28-22(25)14-6-8-15(24)9-7-14/h2-3,5-13,24,29H,4H2,1H3. The number of phenols is 1. The van der Waals surface area contributed by atoms with Gasteiger partial charge in [0.15, 0.2) is 0 Å². The van der Waals surface area contributed by atoms with Crippen molar-refractivity contribution in [2.75, 3.05) is 0 Å². The number of allylic oxidation sites excluding steroid dienone is 4. The first-order chi connectivity index (χ1) is 14.5. The smallest absolute Gasteiger partial charge is 0.344 e. The van der Waals surface area contributed by atoms with Gasteiger partial charge in [-0.05, 0) is 54.3 Å². The number of rotatable bonds is 4. The Morgan fingerprint density at radius 2 is 2.00 bits per heavy atom. The van der Waals surface area contributed by atoms with Crippen molar-refractivity contribution in [3.63, 3.8) is 0 Å². The van der Waals surface area contributed by atoms with Gasteiger partial charge in [-0.2, -0.15) is 0 Å². The summed E-state index contributed by atoms with van der Waals surface area (Å²) < 4.78 is 11.1. The van der Waals surface area contributed by atoms with E-state index in [1.54, 1.807) is 18.2 Å². The maximum Gasteiger partial charge on any atom is 0.344 e. The third kappa shape index (κ3) is 3.91. The Bertz CT molecular complexity index is 1190. The number of esters is 1. The maximum atomic E-state index is 12.6. The van der Waals surface area contributed by atoms with Crippen LogP contribution in [-0.4, -0.2) is 11.1 Å². The molecule has 0 fully saturated rings. The van der Waals surface area contributed by atoms with Gasteiger partial charge >= 0.3 is 11.6 Å². The average Bonchev–Trinajstić information content (AvgIpc) is 2.93. The molecule has 2 aliphatic carbocycles. The van der Waals surface area contributed by atoms with E-state index in [1.165, 1.54) is 24.3 Å². The molecule has 5 nitrogen and oxygen atoms in total. The minimum Gasteiger partial charge on any atom is -0.508 e. The lowest BCUT2D eigenvalue weighted by molar-refractivity contribution is 0.0730. The van der Waals surface area contributed by atoms with Gasteiger partial charge in [-0.15, -0.1) is 11.7 Å². The Labute approximate surface area is 182 Å². The second-order valence-corrected chi connectivity index (χ2v) is 8.13. The highest BCUT2D eigenvalue weighted by molar-refractivity contribution is 8.68. The number of phenolic OH excluding ortho intramolecular Hbond substituents is 1. The number of hydrogen-bond acceptors (Lipinski definition) is 7. The molecule has 0 bridgehead atoms. The van der Waals surface area contributed by atoms with Crippen molar-refractivity contribution >= 4 is 34.0 Å². The van der Waals surface area contributed by atoms with Crippen molar-refractivity contribution in [3.05, 3.63) is 82.2 Å². The Kier molecular flexibility index (Phi) is 5.74. The van der Waals surface area contributed by atoms with Crippen molar-refractivity contribution in [1.82, 2.24) is 0 Å². The highest BCUT2D eigenvalue weighted by Gasteiger charge is 2.25. The second-order valence-electron chi connectivity index (χ2n) is 6.96. The van der Waals surface area contributed by atoms with E-state index in [4.69, 9.17) is 9.15 Å². The summed E-state index contributed by atoms with van der Waals surface area (Å²) in [6.45, 7) is 2.07. The van der Waals surface area contributed by atoms with Crippen molar-refractivity contribution in [2.45, 2.75) is 18.2 Å². The topological polar surface area (TPSA) is 76.7 Å². The van der Waals surface area contributed by atoms with Crippen molar-refractivity contribution in [2.24, 2.45) is 5.92 Å². The Morgan fingerprint density at radius 3 is 2.70 bits per heavy atom. The van der Waals surface area contributed by atoms with Crippen LogP contribution >= 0.6 is 22.5 Å². The molecule has 1 heterocycles. The van der Waals surface area contributed by atoms with Gasteiger partial charge in [0.25, 0.3) is 0 Å². The van der Waals surface area contributed by atoms with E-state index in [0.29, 0.717) is 21.8 Å². The number of furan rings is 1. The molecule has 7 heteroatoms. The molecule has 1 aromatic rings. The predicted molar refractivity (Wildman–Crippen MR) is 120 cm³/mol. The number of carbonyl (C=O) groups is 1. The maximum absolute atomic E-state index is 12.6. The van der Waals surface area contributed by atoms with Crippen LogP contribution in [0, 0.1) is 5.92 Å². The first-order valence-corrected chi connectivity index (χ1v) is 11.2. The summed E-state index contributed by atoms with van der Waals surface area (Å²) in [4.78, 5) is 25.8. The summed E-state index contributed by atoms with van der Waals surface area (Å²) in [5, 5.41) is 9.40. The minimum atomic E-state index is -0.596. The molecular formula is C23H18O5S2. The quantitative estimate of drug-likeness (QED) is 0.314. The molecule has 152 valence electrons. The van der Waals surface area contributed by atoms with Crippen LogP contribution in [0.5, 0.6) is 11.5 Å². The van der Waals surface area contributed by atoms with Crippen LogP contribution in [0.2, 0.25) is 0 Å². The van der Waals surface area contributed by atoms with Crippen LogP contribution in [0.1, 0.15) is 29.3 Å². The largest absolute Gasteiger partial charge is 0.508 e. The van der Waals surface area contributed by atoms with Crippen molar-refractivity contribution < 1.29 is 19.1 Å². The molecule has 1 N–H and O–H groups in total. The van der Waals surface area contributed by atoms with Crippen LogP contribution in [0.4, 0.5) is 0 Å². The van der Waals surface area contributed by atoms with Gasteiger partial charge < -0.3 is 14.3 Å². The molecule has 1 aliphatic heterocycles. The second kappa shape index (κ2) is 8.45. The van der Waals surface area contributed by atoms with Gasteiger partial charge in [-0.1, -0.05) is 35.9 Å². The van der Waals surface area contributed by atoms with E-state index in [1.807, 2.05) is 12.2 Å². The molecule has 0 saturated carbocycles. The number of aromatic hydroxyl groups is 1. The first-order valence-electron chi connectivity index (χ1n) is 9.28. The molecule has 4 rings (SSSR count). The van der Waals surface area contributed by atoms with Gasteiger partial charge in [0.05, 0.1) is 16.0 Å². The van der Waals surface area contributed by atoms with Gasteiger partial charge in [0.1, 0.15) is 17.3 Å². The zero-order valence-electron chi connectivity index (χ0n) is 16.0. The third-order valence-electron chi connectivity index (χ3n) is 4.97. The van der Waals surface area contributed by atoms with E-state index in [2.05, 4.69) is 24.7 Å². The summed E-state index contributed by atoms with van der Waals surface area (Å²) >= 11 is 4.27. The van der Waals surface area contributed by atoms with E-state index in [9.17, 15) is 14.7 Å². The number of fused-ring (bicyclic) bond motifs is 1. The summed E-state index contributed by atoms with van der Waals surface area (Å²) in [5.41, 5.74) is 1.98. The summed E-state index contributed by atoms with van der Waals surface area (Å²) in [5.74, 6) is 0.215. The van der Waals surface area contributed by atoms with E-state index in [0.717, 1.165) is 22.8 Å². The predicted octanol–water partition coefficient (Wildman–Crippen LogP) is 5.59. The fourth-order valence-electron chi connectivity index (χ4n) is 3.40. The summed E-state index contributed by atoms with van der Waals surface area (Å²) in [6, 6.07) is 10.8. The SMILES string of the molecule is CC1CC=CC=C1c1c2ccc(SS)c(OC(=O)c3ccc(O)cc3)cc-2oc1=O. The lowest BCUT2D eigenvalue weighted by atomic mass is 9.87. The third-order valence-corrected chi connectivity index (χ3v) is 6.10. The van der Waals surface area contributed by atoms with Gasteiger partial charge in [-0.3, -0.25) is 0 Å². The van der Waals surface area contributed by atoms with E-state index >= 15 is 0 Å². The van der Waals surface area contributed by atoms with Crippen molar-refractivity contribution in [1.29, 1.82) is 0 Å². The molecular weight excluding hydrogens is 420 g/mol. The molecule has 30 heavy (non-hydrogen) atoms. The number of benzene rings is 1. The fraction of sp³-hybridized carbons (Fsp3) is 0.130. The molecule has 0 radical (unpaired) electrons. The molecule has 1 unspecified atom stereocenters. The zero-order chi connectivity index (χ0) is 21.3. The molecule has 1 aromatic carbocycles. The van der Waals surface area contributed by atoms with E-state index in [-0.39, 0.29) is 23.0 Å². The Balaban J connectivity index is 1.76. The zero-order valence-corrected chi connectivity index (χ0v) is 17.7. The van der Waals surface area contributed by atoms with Crippen LogP contribution in [0.25, 0.3) is 16.9 Å². The molecule has 0 saturated heterocycles. The van der Waals surface area contributed by atoms with Crippen LogP contribution in [0.15, 0.2) is 74.8 Å². The molecule has 3 aliphatic rings. The number of carbonyl (C=O) groups excluding carboxylic acids is 1. The number of thiol groups is 1. The average molecular weight is 439 g/mol. The minimum absolute atomic E-state index is 0.0538. The molecule has 0 amide bonds. The van der Waals surface area contributed by atoms with Crippen LogP contribution in [0.3, 0.4) is 0 Å². The summed E-state index contributed by atoms with van der Waals surface area (Å²) in [7, 11) is 1.12. The number of ether oxygens (including phenoxy) is 1. The molecule has 0 aromatic heterocycles. The number of hydrogen-bond donors (Lipinski definition) is 2. The van der Waals surface area contributed by atoms with Gasteiger partial charge in [0.2, 0.25) is 0 Å². The first kappa shape index (κ1) is 20.4. The fourth-order valence-corrected chi connectivity index (χ4v) is 4.18. The Hall–Kier alpha value is -2.90. The monoisotopic (exact) mass is 438 g/mol. The normalized spacial score (nSPS) is 15.8. The van der Waals surface area contributed by atoms with Gasteiger partial charge in [0, 0.05) is 11.6 Å². The van der Waals surface area contributed by atoms with Crippen LogP contribution in [-0.2, 0) is 0 Å². The highest BCUT2D eigenvalue weighted by atomic mass is 33.1. The van der Waals surface area contributed by atoms with Crippen molar-refractivity contribution in [3.8, 4) is 22.8 Å². The van der Waals surface area contributed by atoms with Crippen LogP contribution < -0.4 is 10.4 Å². The molecule has 0 spiro atoms.